The molecule has 0 saturated carbocycles. The van der Waals surface area contributed by atoms with Gasteiger partial charge in [0.05, 0.1) is 28.6 Å². The Hall–Kier alpha value is -3.83. The second-order valence-electron chi connectivity index (χ2n) is 5.76. The Kier molecular flexibility index (Phi) is 5.35. The van der Waals surface area contributed by atoms with Gasteiger partial charge in [-0.2, -0.15) is 15.5 Å². The first kappa shape index (κ1) is 18.0. The molecule has 27 heavy (non-hydrogen) atoms. The number of nitriles is 1. The molecule has 0 heterocycles. The molecule has 0 radical (unpaired) electrons. The van der Waals surface area contributed by atoms with Crippen molar-refractivity contribution in [3.63, 3.8) is 0 Å². The van der Waals surface area contributed by atoms with E-state index in [0.717, 1.165) is 0 Å². The summed E-state index contributed by atoms with van der Waals surface area (Å²) in [4.78, 5) is 0. The van der Waals surface area contributed by atoms with Crippen molar-refractivity contribution in [3.05, 3.63) is 94.6 Å². The zero-order valence-corrected chi connectivity index (χ0v) is 14.4. The Morgan fingerprint density at radius 1 is 0.741 bits per heavy atom. The number of nitrogens with zero attached hydrogens (tertiary/aromatic N) is 3. The Bertz CT molecular complexity index is 1070. The smallest absolute Gasteiger partial charge is 0.142 e. The molecular formula is C22H13F2N3. The molecule has 0 aromatic heterocycles. The van der Waals surface area contributed by atoms with E-state index in [1.807, 2.05) is 6.07 Å². The number of halogens is 2. The number of azo groups is 1. The maximum Gasteiger partial charge on any atom is 0.142 e. The normalized spacial score (nSPS) is 10.3. The molecule has 3 aromatic rings. The van der Waals surface area contributed by atoms with Gasteiger partial charge in [0.1, 0.15) is 11.6 Å². The standard InChI is InChI=1S/C22H13F2N3/c1-15-12-21(23)20(22(24)13-15)11-6-16-2-7-18(8-3-16)26-27-19-9-4-17(14-25)5-10-19/h2-5,7-10,12-13H,1H3. The zero-order chi connectivity index (χ0) is 19.2. The summed E-state index contributed by atoms with van der Waals surface area (Å²) in [5, 5.41) is 17.0. The predicted octanol–water partition coefficient (Wildman–Crippen LogP) is 5.96. The van der Waals surface area contributed by atoms with Crippen LogP contribution in [0.5, 0.6) is 0 Å². The van der Waals surface area contributed by atoms with E-state index in [4.69, 9.17) is 5.26 Å². The number of hydrogen-bond acceptors (Lipinski definition) is 3. The van der Waals surface area contributed by atoms with Crippen molar-refractivity contribution in [2.45, 2.75) is 6.92 Å². The van der Waals surface area contributed by atoms with Gasteiger partial charge >= 0.3 is 0 Å². The third kappa shape index (κ3) is 4.62. The van der Waals surface area contributed by atoms with Crippen molar-refractivity contribution < 1.29 is 8.78 Å². The second-order valence-corrected chi connectivity index (χ2v) is 5.76. The highest BCUT2D eigenvalue weighted by Gasteiger charge is 2.07. The summed E-state index contributed by atoms with van der Waals surface area (Å²) in [5.74, 6) is 3.93. The minimum Gasteiger partial charge on any atom is -0.206 e. The van der Waals surface area contributed by atoms with Gasteiger partial charge in [-0.1, -0.05) is 11.8 Å². The Balaban J connectivity index is 1.75. The van der Waals surface area contributed by atoms with Gasteiger partial charge in [0, 0.05) is 5.56 Å². The van der Waals surface area contributed by atoms with Crippen molar-refractivity contribution >= 4 is 11.4 Å². The van der Waals surface area contributed by atoms with Gasteiger partial charge in [-0.15, -0.1) is 0 Å². The summed E-state index contributed by atoms with van der Waals surface area (Å²) >= 11 is 0. The van der Waals surface area contributed by atoms with Crippen LogP contribution in [0.3, 0.4) is 0 Å². The fraction of sp³-hybridized carbons (Fsp3) is 0.0455. The Labute approximate surface area is 155 Å². The fourth-order valence-electron chi connectivity index (χ4n) is 2.28. The Morgan fingerprint density at radius 3 is 1.70 bits per heavy atom. The molecule has 0 amide bonds. The molecule has 0 spiro atoms. The second kappa shape index (κ2) is 8.03. The first-order chi connectivity index (χ1) is 13.0. The van der Waals surface area contributed by atoms with Crippen LogP contribution in [0.25, 0.3) is 0 Å². The van der Waals surface area contributed by atoms with Crippen LogP contribution in [0.1, 0.15) is 22.3 Å². The average molecular weight is 357 g/mol. The van der Waals surface area contributed by atoms with Crippen molar-refractivity contribution in [1.82, 2.24) is 0 Å². The molecule has 0 saturated heterocycles. The summed E-state index contributed by atoms with van der Waals surface area (Å²) < 4.78 is 27.6. The molecule has 3 aromatic carbocycles. The van der Waals surface area contributed by atoms with E-state index < -0.39 is 11.6 Å². The molecule has 0 N–H and O–H groups in total. The van der Waals surface area contributed by atoms with Crippen molar-refractivity contribution in [2.24, 2.45) is 10.2 Å². The van der Waals surface area contributed by atoms with E-state index >= 15 is 0 Å². The van der Waals surface area contributed by atoms with Gasteiger partial charge in [0.2, 0.25) is 0 Å². The van der Waals surface area contributed by atoms with E-state index in [0.29, 0.717) is 28.1 Å². The third-order valence-corrected chi connectivity index (χ3v) is 3.66. The van der Waals surface area contributed by atoms with E-state index in [2.05, 4.69) is 22.1 Å². The fourth-order valence-corrected chi connectivity index (χ4v) is 2.28. The molecule has 0 aliphatic carbocycles. The molecule has 0 bridgehead atoms. The van der Waals surface area contributed by atoms with Crippen LogP contribution in [0, 0.1) is 41.7 Å². The molecular weight excluding hydrogens is 344 g/mol. The number of aryl methyl sites for hydroxylation is 1. The summed E-state index contributed by atoms with van der Waals surface area (Å²) in [6, 6.07) is 18.1. The van der Waals surface area contributed by atoms with E-state index in [1.165, 1.54) is 12.1 Å². The molecule has 3 nitrogen and oxygen atoms in total. The lowest BCUT2D eigenvalue weighted by Gasteiger charge is -1.99. The Morgan fingerprint density at radius 2 is 1.22 bits per heavy atom. The van der Waals surface area contributed by atoms with Crippen LogP contribution in [0.4, 0.5) is 20.2 Å². The maximum absolute atomic E-state index is 13.8. The molecule has 0 unspecified atom stereocenters. The highest BCUT2D eigenvalue weighted by Crippen LogP contribution is 2.19. The minimum absolute atomic E-state index is 0.245. The van der Waals surface area contributed by atoms with Gasteiger partial charge in [-0.25, -0.2) is 8.78 Å². The van der Waals surface area contributed by atoms with Gasteiger partial charge in [-0.3, -0.25) is 0 Å². The van der Waals surface area contributed by atoms with Crippen molar-refractivity contribution in [3.8, 4) is 17.9 Å². The van der Waals surface area contributed by atoms with Crippen LogP contribution >= 0.6 is 0 Å². The van der Waals surface area contributed by atoms with Gasteiger partial charge in [-0.05, 0) is 73.2 Å². The third-order valence-electron chi connectivity index (χ3n) is 3.66. The molecule has 5 heteroatoms. The zero-order valence-electron chi connectivity index (χ0n) is 14.4. The first-order valence-corrected chi connectivity index (χ1v) is 8.05. The van der Waals surface area contributed by atoms with E-state index in [-0.39, 0.29) is 5.56 Å². The summed E-state index contributed by atoms with van der Waals surface area (Å²) in [6.45, 7) is 1.62. The summed E-state index contributed by atoms with van der Waals surface area (Å²) in [7, 11) is 0. The largest absolute Gasteiger partial charge is 0.206 e. The van der Waals surface area contributed by atoms with Crippen LogP contribution < -0.4 is 0 Å². The van der Waals surface area contributed by atoms with E-state index in [1.54, 1.807) is 55.5 Å². The van der Waals surface area contributed by atoms with Crippen LogP contribution in [0.2, 0.25) is 0 Å². The van der Waals surface area contributed by atoms with Crippen molar-refractivity contribution in [1.29, 1.82) is 5.26 Å². The topological polar surface area (TPSA) is 48.5 Å². The number of benzene rings is 3. The quantitative estimate of drug-likeness (QED) is 0.412. The highest BCUT2D eigenvalue weighted by molar-refractivity contribution is 5.49. The SMILES string of the molecule is Cc1cc(F)c(C#Cc2ccc(N=Nc3ccc(C#N)cc3)cc2)c(F)c1. The molecule has 0 aliphatic heterocycles. The molecule has 0 aliphatic rings. The first-order valence-electron chi connectivity index (χ1n) is 8.05. The van der Waals surface area contributed by atoms with Gasteiger partial charge < -0.3 is 0 Å². The van der Waals surface area contributed by atoms with Crippen LogP contribution in [-0.4, -0.2) is 0 Å². The molecule has 3 rings (SSSR count). The maximum atomic E-state index is 13.8. The average Bonchev–Trinajstić information content (AvgIpc) is 2.67. The lowest BCUT2D eigenvalue weighted by Crippen LogP contribution is -1.91. The lowest BCUT2D eigenvalue weighted by molar-refractivity contribution is 0.575. The summed E-state index contributed by atoms with van der Waals surface area (Å²) in [5.41, 5.74) is 2.66. The number of hydrogen-bond donors (Lipinski definition) is 0. The minimum atomic E-state index is -0.673. The van der Waals surface area contributed by atoms with Gasteiger partial charge in [0.15, 0.2) is 0 Å². The molecule has 0 atom stereocenters. The molecule has 130 valence electrons. The van der Waals surface area contributed by atoms with Crippen LogP contribution in [-0.2, 0) is 0 Å². The molecule has 0 fully saturated rings. The predicted molar refractivity (Wildman–Crippen MR) is 98.9 cm³/mol. The summed E-state index contributed by atoms with van der Waals surface area (Å²) in [6.07, 6.45) is 0. The lowest BCUT2D eigenvalue weighted by atomic mass is 10.1. The number of rotatable bonds is 2. The highest BCUT2D eigenvalue weighted by atomic mass is 19.1. The van der Waals surface area contributed by atoms with Crippen LogP contribution in [0.15, 0.2) is 70.9 Å². The van der Waals surface area contributed by atoms with Crippen molar-refractivity contribution in [2.75, 3.05) is 0 Å². The monoisotopic (exact) mass is 357 g/mol. The van der Waals surface area contributed by atoms with Gasteiger partial charge in [0.25, 0.3) is 0 Å². The van der Waals surface area contributed by atoms with E-state index in [9.17, 15) is 8.78 Å².